The summed E-state index contributed by atoms with van der Waals surface area (Å²) >= 11 is 0. The van der Waals surface area contributed by atoms with Crippen molar-refractivity contribution >= 4 is 21.6 Å². The number of nitrogens with zero attached hydrogens (tertiary/aromatic N) is 1. The summed E-state index contributed by atoms with van der Waals surface area (Å²) < 4.78 is 33.0. The predicted molar refractivity (Wildman–Crippen MR) is 112 cm³/mol. The number of piperidine rings is 1. The van der Waals surface area contributed by atoms with Crippen molar-refractivity contribution in [3.8, 4) is 5.75 Å². The van der Waals surface area contributed by atoms with E-state index in [1.54, 1.807) is 12.1 Å². The Morgan fingerprint density at radius 2 is 1.72 bits per heavy atom. The van der Waals surface area contributed by atoms with Crippen LogP contribution in [0.15, 0.2) is 53.4 Å². The van der Waals surface area contributed by atoms with Crippen LogP contribution in [0.4, 0.5) is 5.69 Å². The van der Waals surface area contributed by atoms with Gasteiger partial charge in [0.2, 0.25) is 15.9 Å². The lowest BCUT2D eigenvalue weighted by Gasteiger charge is -2.26. The van der Waals surface area contributed by atoms with Crippen LogP contribution < -0.4 is 10.1 Å². The average Bonchev–Trinajstić information content (AvgIpc) is 3.57. The zero-order chi connectivity index (χ0) is 20.5. The van der Waals surface area contributed by atoms with Gasteiger partial charge in [-0.15, -0.1) is 0 Å². The second-order valence-electron chi connectivity index (χ2n) is 7.73. The van der Waals surface area contributed by atoms with Crippen LogP contribution in [0.5, 0.6) is 5.75 Å². The van der Waals surface area contributed by atoms with Crippen LogP contribution >= 0.6 is 0 Å². The van der Waals surface area contributed by atoms with Crippen LogP contribution in [-0.4, -0.2) is 38.8 Å². The molecule has 1 N–H and O–H groups in total. The minimum atomic E-state index is -3.59. The van der Waals surface area contributed by atoms with Crippen molar-refractivity contribution < 1.29 is 17.9 Å². The number of rotatable bonds is 6. The Balaban J connectivity index is 1.62. The van der Waals surface area contributed by atoms with Crippen LogP contribution in [0.3, 0.4) is 0 Å². The molecule has 0 atom stereocenters. The minimum absolute atomic E-state index is 0.130. The summed E-state index contributed by atoms with van der Waals surface area (Å²) in [6, 6.07) is 14.4. The first-order valence-electron chi connectivity index (χ1n) is 10.0. The van der Waals surface area contributed by atoms with E-state index in [9.17, 15) is 13.2 Å². The summed E-state index contributed by atoms with van der Waals surface area (Å²) in [6.45, 7) is 1.07. The third kappa shape index (κ3) is 3.76. The van der Waals surface area contributed by atoms with Crippen molar-refractivity contribution in [1.29, 1.82) is 0 Å². The van der Waals surface area contributed by atoms with Crippen molar-refractivity contribution in [3.63, 3.8) is 0 Å². The fourth-order valence-corrected chi connectivity index (χ4v) is 5.51. The molecule has 7 heteroatoms. The topological polar surface area (TPSA) is 75.7 Å². The molecule has 1 saturated heterocycles. The van der Waals surface area contributed by atoms with E-state index < -0.39 is 15.4 Å². The normalized spacial score (nSPS) is 18.8. The van der Waals surface area contributed by atoms with Gasteiger partial charge in [0.05, 0.1) is 23.1 Å². The summed E-state index contributed by atoms with van der Waals surface area (Å²) in [4.78, 5) is 13.3. The molecule has 0 aromatic heterocycles. The molecule has 4 rings (SSSR count). The first kappa shape index (κ1) is 19.9. The summed E-state index contributed by atoms with van der Waals surface area (Å²) in [5.41, 5.74) is 0.819. The average molecular weight is 415 g/mol. The predicted octanol–water partition coefficient (Wildman–Crippen LogP) is 3.54. The van der Waals surface area contributed by atoms with Crippen molar-refractivity contribution in [2.24, 2.45) is 0 Å². The van der Waals surface area contributed by atoms with Gasteiger partial charge in [0, 0.05) is 13.1 Å². The summed E-state index contributed by atoms with van der Waals surface area (Å²) in [5, 5.41) is 2.93. The van der Waals surface area contributed by atoms with Gasteiger partial charge in [0.15, 0.2) is 0 Å². The molecule has 6 nitrogen and oxygen atoms in total. The number of nitrogens with one attached hydrogen (secondary N) is 1. The maximum atomic E-state index is 13.1. The van der Waals surface area contributed by atoms with Crippen molar-refractivity contribution in [1.82, 2.24) is 4.31 Å². The molecule has 1 amide bonds. The number of sulfonamides is 1. The number of benzene rings is 2. The molecular formula is C22H26N2O4S. The Bertz CT molecular complexity index is 995. The number of carbonyl (C=O) groups is 1. The van der Waals surface area contributed by atoms with Gasteiger partial charge >= 0.3 is 0 Å². The van der Waals surface area contributed by atoms with E-state index >= 15 is 0 Å². The van der Waals surface area contributed by atoms with E-state index in [0.29, 0.717) is 24.5 Å². The number of carbonyl (C=O) groups excluding carboxylic acids is 1. The number of hydrogen-bond acceptors (Lipinski definition) is 4. The first-order chi connectivity index (χ1) is 14.0. The van der Waals surface area contributed by atoms with E-state index in [1.165, 1.54) is 17.5 Å². The van der Waals surface area contributed by atoms with E-state index in [4.69, 9.17) is 4.74 Å². The third-order valence-corrected chi connectivity index (χ3v) is 7.78. The van der Waals surface area contributed by atoms with Crippen LogP contribution in [0.1, 0.15) is 37.7 Å². The van der Waals surface area contributed by atoms with Gasteiger partial charge in [-0.1, -0.05) is 36.8 Å². The molecule has 1 aliphatic carbocycles. The second-order valence-corrected chi connectivity index (χ2v) is 9.67. The Kier molecular flexibility index (Phi) is 5.36. The van der Waals surface area contributed by atoms with Gasteiger partial charge in [0.25, 0.3) is 0 Å². The van der Waals surface area contributed by atoms with Gasteiger partial charge in [0.1, 0.15) is 5.75 Å². The third-order valence-electron chi connectivity index (χ3n) is 5.88. The molecule has 0 bridgehead atoms. The molecule has 1 aliphatic heterocycles. The molecule has 0 spiro atoms. The molecule has 29 heavy (non-hydrogen) atoms. The van der Waals surface area contributed by atoms with Crippen molar-refractivity contribution in [2.45, 2.75) is 42.4 Å². The maximum absolute atomic E-state index is 13.1. The molecule has 1 saturated carbocycles. The maximum Gasteiger partial charge on any atom is 0.243 e. The number of anilines is 1. The quantitative estimate of drug-likeness (QED) is 0.784. The first-order valence-corrected chi connectivity index (χ1v) is 11.5. The van der Waals surface area contributed by atoms with Crippen LogP contribution in [0.25, 0.3) is 0 Å². The largest absolute Gasteiger partial charge is 0.495 e. The van der Waals surface area contributed by atoms with E-state index in [2.05, 4.69) is 5.32 Å². The highest BCUT2D eigenvalue weighted by Gasteiger charge is 2.51. The standard InChI is InChI=1S/C22H26N2O4S/c1-28-20-11-10-18(29(26,27)24-14-6-3-7-15-24)16-19(20)23-21(25)22(12-13-22)17-8-4-2-5-9-17/h2,4-5,8-11,16H,3,6-7,12-15H2,1H3,(H,23,25). The van der Waals surface area contributed by atoms with Gasteiger partial charge < -0.3 is 10.1 Å². The van der Waals surface area contributed by atoms with Crippen LogP contribution in [0, 0.1) is 0 Å². The summed E-state index contributed by atoms with van der Waals surface area (Å²) in [5.74, 6) is 0.314. The molecule has 2 aromatic rings. The molecule has 2 fully saturated rings. The fourth-order valence-electron chi connectivity index (χ4n) is 3.97. The zero-order valence-corrected chi connectivity index (χ0v) is 17.4. The number of amides is 1. The summed E-state index contributed by atoms with van der Waals surface area (Å²) in [7, 11) is -2.08. The lowest BCUT2D eigenvalue weighted by molar-refractivity contribution is -0.118. The number of methoxy groups -OCH3 is 1. The van der Waals surface area contributed by atoms with E-state index in [1.807, 2.05) is 30.3 Å². The Hall–Kier alpha value is -2.38. The SMILES string of the molecule is COc1ccc(S(=O)(=O)N2CCCCC2)cc1NC(=O)C1(c2ccccc2)CC1. The number of ether oxygens (including phenoxy) is 1. The monoisotopic (exact) mass is 414 g/mol. The molecule has 0 radical (unpaired) electrons. The molecule has 1 heterocycles. The number of hydrogen-bond donors (Lipinski definition) is 1. The van der Waals surface area contributed by atoms with Gasteiger partial charge in [-0.3, -0.25) is 4.79 Å². The highest BCUT2D eigenvalue weighted by Crippen LogP contribution is 2.49. The van der Waals surface area contributed by atoms with E-state index in [-0.39, 0.29) is 10.8 Å². The fraction of sp³-hybridized carbons (Fsp3) is 0.409. The molecule has 2 aromatic carbocycles. The highest BCUT2D eigenvalue weighted by molar-refractivity contribution is 7.89. The molecule has 154 valence electrons. The Labute approximate surface area is 171 Å². The lowest BCUT2D eigenvalue weighted by atomic mass is 9.95. The minimum Gasteiger partial charge on any atom is -0.495 e. The molecular weight excluding hydrogens is 388 g/mol. The van der Waals surface area contributed by atoms with E-state index in [0.717, 1.165) is 37.7 Å². The highest BCUT2D eigenvalue weighted by atomic mass is 32.2. The van der Waals surface area contributed by atoms with Crippen LogP contribution in [0.2, 0.25) is 0 Å². The second kappa shape index (κ2) is 7.80. The van der Waals surface area contributed by atoms with Gasteiger partial charge in [-0.25, -0.2) is 8.42 Å². The van der Waals surface area contributed by atoms with Crippen molar-refractivity contribution in [2.75, 3.05) is 25.5 Å². The zero-order valence-electron chi connectivity index (χ0n) is 16.6. The van der Waals surface area contributed by atoms with Gasteiger partial charge in [-0.05, 0) is 49.4 Å². The smallest absolute Gasteiger partial charge is 0.243 e. The molecule has 0 unspecified atom stereocenters. The Morgan fingerprint density at radius 3 is 2.34 bits per heavy atom. The molecule has 2 aliphatic rings. The van der Waals surface area contributed by atoms with Crippen LogP contribution in [-0.2, 0) is 20.2 Å². The lowest BCUT2D eigenvalue weighted by Crippen LogP contribution is -2.35. The van der Waals surface area contributed by atoms with Gasteiger partial charge in [-0.2, -0.15) is 4.31 Å². The summed E-state index contributed by atoms with van der Waals surface area (Å²) in [6.07, 6.45) is 4.35. The van der Waals surface area contributed by atoms with Crippen molar-refractivity contribution in [3.05, 3.63) is 54.1 Å². The Morgan fingerprint density at radius 1 is 1.03 bits per heavy atom.